The van der Waals surface area contributed by atoms with Crippen molar-refractivity contribution in [3.63, 3.8) is 0 Å². The molecule has 1 aromatic carbocycles. The largest absolute Gasteiger partial charge is 0.493 e. The van der Waals surface area contributed by atoms with E-state index in [4.69, 9.17) is 4.74 Å². The van der Waals surface area contributed by atoms with Crippen molar-refractivity contribution in [2.75, 3.05) is 6.61 Å². The Morgan fingerprint density at radius 1 is 1.23 bits per heavy atom. The van der Waals surface area contributed by atoms with Crippen LogP contribution in [0.4, 0.5) is 0 Å². The van der Waals surface area contributed by atoms with Gasteiger partial charge in [0, 0.05) is 24.6 Å². The smallest absolute Gasteiger partial charge is 0.138 e. The molecular weight excluding hydrogens is 276 g/mol. The Morgan fingerprint density at radius 2 is 2.14 bits per heavy atom. The van der Waals surface area contributed by atoms with E-state index in [2.05, 4.69) is 33.6 Å². The number of nitrogens with one attached hydrogen (secondary N) is 1. The van der Waals surface area contributed by atoms with Crippen LogP contribution in [0.1, 0.15) is 30.7 Å². The van der Waals surface area contributed by atoms with E-state index >= 15 is 0 Å². The van der Waals surface area contributed by atoms with Gasteiger partial charge in [0.25, 0.3) is 0 Å². The molecule has 5 nitrogen and oxygen atoms in total. The molecule has 1 aliphatic carbocycles. The van der Waals surface area contributed by atoms with Gasteiger partial charge < -0.3 is 10.1 Å². The molecule has 0 saturated heterocycles. The van der Waals surface area contributed by atoms with Crippen LogP contribution in [-0.4, -0.2) is 27.4 Å². The third-order valence-electron chi connectivity index (χ3n) is 4.53. The summed E-state index contributed by atoms with van der Waals surface area (Å²) in [5.74, 6) is 2.91. The molecule has 1 aromatic heterocycles. The standard InChI is InChI=1S/C17H22N4O/c1-2-4-16(22-11-13-5-6-13)14(3-1)9-18-15-7-8-17-19-12-20-21(17)10-15/h1-4,12-13,15,18H,5-11H2/t15-/m1/s1. The van der Waals surface area contributed by atoms with Gasteiger partial charge in [0.05, 0.1) is 13.2 Å². The first-order chi connectivity index (χ1) is 10.9. The van der Waals surface area contributed by atoms with Crippen LogP contribution >= 0.6 is 0 Å². The normalized spacial score (nSPS) is 20.6. The topological polar surface area (TPSA) is 52.0 Å². The Bertz CT molecular complexity index is 635. The van der Waals surface area contributed by atoms with Crippen molar-refractivity contribution in [2.24, 2.45) is 5.92 Å². The molecule has 1 N–H and O–H groups in total. The number of ether oxygens (including phenoxy) is 1. The van der Waals surface area contributed by atoms with Gasteiger partial charge in [-0.15, -0.1) is 0 Å². The Labute approximate surface area is 130 Å². The lowest BCUT2D eigenvalue weighted by Gasteiger charge is -2.24. The highest BCUT2D eigenvalue weighted by molar-refractivity contribution is 5.33. The highest BCUT2D eigenvalue weighted by Gasteiger charge is 2.23. The van der Waals surface area contributed by atoms with Gasteiger partial charge in [0.15, 0.2) is 0 Å². The van der Waals surface area contributed by atoms with Gasteiger partial charge in [-0.25, -0.2) is 9.67 Å². The molecule has 5 heteroatoms. The monoisotopic (exact) mass is 298 g/mol. The van der Waals surface area contributed by atoms with E-state index in [0.717, 1.165) is 50.0 Å². The van der Waals surface area contributed by atoms with Crippen LogP contribution in [0.15, 0.2) is 30.6 Å². The van der Waals surface area contributed by atoms with Crippen LogP contribution in [0.25, 0.3) is 0 Å². The highest BCUT2D eigenvalue weighted by Crippen LogP contribution is 2.30. The van der Waals surface area contributed by atoms with E-state index in [1.165, 1.54) is 18.4 Å². The van der Waals surface area contributed by atoms with Crippen molar-refractivity contribution in [2.45, 2.75) is 44.8 Å². The van der Waals surface area contributed by atoms with E-state index in [0.29, 0.717) is 6.04 Å². The minimum absolute atomic E-state index is 0.450. The molecule has 2 aromatic rings. The molecule has 2 aliphatic rings. The van der Waals surface area contributed by atoms with Gasteiger partial charge in [-0.2, -0.15) is 5.10 Å². The second-order valence-corrected chi connectivity index (χ2v) is 6.34. The molecule has 116 valence electrons. The third kappa shape index (κ3) is 3.14. The number of hydrogen-bond acceptors (Lipinski definition) is 4. The van der Waals surface area contributed by atoms with Crippen molar-refractivity contribution in [1.82, 2.24) is 20.1 Å². The summed E-state index contributed by atoms with van der Waals surface area (Å²) >= 11 is 0. The Balaban J connectivity index is 1.35. The van der Waals surface area contributed by atoms with Crippen LogP contribution < -0.4 is 10.1 Å². The van der Waals surface area contributed by atoms with Gasteiger partial charge in [-0.1, -0.05) is 18.2 Å². The van der Waals surface area contributed by atoms with Gasteiger partial charge >= 0.3 is 0 Å². The molecule has 22 heavy (non-hydrogen) atoms. The van der Waals surface area contributed by atoms with Gasteiger partial charge in [-0.3, -0.25) is 0 Å². The molecule has 1 aliphatic heterocycles. The second kappa shape index (κ2) is 6.08. The third-order valence-corrected chi connectivity index (χ3v) is 4.53. The van der Waals surface area contributed by atoms with Crippen LogP contribution in [0.5, 0.6) is 5.75 Å². The summed E-state index contributed by atoms with van der Waals surface area (Å²) in [7, 11) is 0. The quantitative estimate of drug-likeness (QED) is 0.888. The Kier molecular flexibility index (Phi) is 3.81. The van der Waals surface area contributed by atoms with Gasteiger partial charge in [0.2, 0.25) is 0 Å². The summed E-state index contributed by atoms with van der Waals surface area (Å²) in [6.45, 7) is 2.61. The predicted octanol–water partition coefficient (Wildman–Crippen LogP) is 2.17. The van der Waals surface area contributed by atoms with E-state index in [-0.39, 0.29) is 0 Å². The maximum Gasteiger partial charge on any atom is 0.138 e. The lowest BCUT2D eigenvalue weighted by Crippen LogP contribution is -2.37. The van der Waals surface area contributed by atoms with E-state index in [1.54, 1.807) is 6.33 Å². The summed E-state index contributed by atoms with van der Waals surface area (Å²) in [6, 6.07) is 8.81. The first kappa shape index (κ1) is 13.8. The zero-order chi connectivity index (χ0) is 14.8. The lowest BCUT2D eigenvalue weighted by atomic mass is 10.1. The van der Waals surface area contributed by atoms with Crippen LogP contribution in [-0.2, 0) is 19.5 Å². The zero-order valence-corrected chi connectivity index (χ0v) is 12.7. The summed E-state index contributed by atoms with van der Waals surface area (Å²) < 4.78 is 7.99. The first-order valence-electron chi connectivity index (χ1n) is 8.19. The van der Waals surface area contributed by atoms with Crippen molar-refractivity contribution in [3.05, 3.63) is 42.0 Å². The average Bonchev–Trinajstić information content (AvgIpc) is 3.27. The highest BCUT2D eigenvalue weighted by atomic mass is 16.5. The molecule has 2 heterocycles. The van der Waals surface area contributed by atoms with Crippen LogP contribution in [0.3, 0.4) is 0 Å². The fourth-order valence-electron chi connectivity index (χ4n) is 2.94. The summed E-state index contributed by atoms with van der Waals surface area (Å²) in [4.78, 5) is 4.27. The minimum Gasteiger partial charge on any atom is -0.493 e. The molecule has 0 unspecified atom stereocenters. The fourth-order valence-corrected chi connectivity index (χ4v) is 2.94. The SMILES string of the molecule is c1ccc(OCC2CC2)c(CN[C@@H]2CCc3ncnn3C2)c1. The van der Waals surface area contributed by atoms with Crippen molar-refractivity contribution in [3.8, 4) is 5.75 Å². The fraction of sp³-hybridized carbons (Fsp3) is 0.529. The molecule has 1 atom stereocenters. The lowest BCUT2D eigenvalue weighted by molar-refractivity contribution is 0.293. The predicted molar refractivity (Wildman–Crippen MR) is 83.6 cm³/mol. The molecular formula is C17H22N4O. The Hall–Kier alpha value is -1.88. The number of benzene rings is 1. The van der Waals surface area contributed by atoms with Crippen molar-refractivity contribution < 1.29 is 4.74 Å². The van der Waals surface area contributed by atoms with Crippen molar-refractivity contribution in [1.29, 1.82) is 0 Å². The zero-order valence-electron chi connectivity index (χ0n) is 12.7. The molecule has 0 bridgehead atoms. The van der Waals surface area contributed by atoms with E-state index in [1.807, 2.05) is 10.7 Å². The number of aryl methyl sites for hydroxylation is 1. The molecule has 0 radical (unpaired) electrons. The maximum atomic E-state index is 5.98. The Morgan fingerprint density at radius 3 is 3.05 bits per heavy atom. The summed E-state index contributed by atoms with van der Waals surface area (Å²) in [5, 5.41) is 7.92. The summed E-state index contributed by atoms with van der Waals surface area (Å²) in [5.41, 5.74) is 1.24. The molecule has 1 saturated carbocycles. The number of fused-ring (bicyclic) bond motifs is 1. The van der Waals surface area contributed by atoms with Gasteiger partial charge in [0.1, 0.15) is 17.9 Å². The number of hydrogen-bond donors (Lipinski definition) is 1. The van der Waals surface area contributed by atoms with Crippen molar-refractivity contribution >= 4 is 0 Å². The number of rotatable bonds is 6. The molecule has 1 fully saturated rings. The number of para-hydroxylation sites is 1. The molecule has 4 rings (SSSR count). The van der Waals surface area contributed by atoms with Gasteiger partial charge in [-0.05, 0) is 31.2 Å². The number of nitrogens with zero attached hydrogens (tertiary/aromatic N) is 3. The average molecular weight is 298 g/mol. The van der Waals surface area contributed by atoms with Crippen LogP contribution in [0, 0.1) is 5.92 Å². The number of aromatic nitrogens is 3. The molecule has 0 spiro atoms. The van der Waals surface area contributed by atoms with E-state index < -0.39 is 0 Å². The second-order valence-electron chi connectivity index (χ2n) is 6.34. The minimum atomic E-state index is 0.450. The molecule has 0 amide bonds. The summed E-state index contributed by atoms with van der Waals surface area (Å²) in [6.07, 6.45) is 6.41. The van der Waals surface area contributed by atoms with Crippen LogP contribution in [0.2, 0.25) is 0 Å². The first-order valence-corrected chi connectivity index (χ1v) is 8.19. The van der Waals surface area contributed by atoms with E-state index in [9.17, 15) is 0 Å². The maximum absolute atomic E-state index is 5.98.